The van der Waals surface area contributed by atoms with Gasteiger partial charge in [0.15, 0.2) is 0 Å². The third-order valence-electron chi connectivity index (χ3n) is 10.4. The van der Waals surface area contributed by atoms with Crippen molar-refractivity contribution in [1.82, 2.24) is 10.6 Å². The topological polar surface area (TPSA) is 24.1 Å². The van der Waals surface area contributed by atoms with E-state index in [1.54, 1.807) is 0 Å². The van der Waals surface area contributed by atoms with Crippen LogP contribution in [0.2, 0.25) is 0 Å². The Kier molecular flexibility index (Phi) is 5.37. The number of hydrogen-bond acceptors (Lipinski definition) is 2. The van der Waals surface area contributed by atoms with Crippen LogP contribution in [-0.2, 0) is 0 Å². The Labute approximate surface area is 163 Å². The minimum atomic E-state index is 0.368. The lowest BCUT2D eigenvalue weighted by Crippen LogP contribution is -2.49. The quantitative estimate of drug-likeness (QED) is 0.574. The molecule has 0 aromatic carbocycles. The Hall–Kier alpha value is -0.0800. The normalized spacial score (nSPS) is 42.5. The van der Waals surface area contributed by atoms with Crippen LogP contribution in [-0.4, -0.2) is 25.2 Å². The van der Waals surface area contributed by atoms with Gasteiger partial charge in [-0.25, -0.2) is 0 Å². The van der Waals surface area contributed by atoms with Crippen LogP contribution < -0.4 is 10.6 Å². The first-order valence-corrected chi connectivity index (χ1v) is 11.4. The molecule has 0 heterocycles. The molecule has 0 radical (unpaired) electrons. The molecule has 3 rings (SSSR count). The van der Waals surface area contributed by atoms with E-state index in [0.717, 1.165) is 31.0 Å². The van der Waals surface area contributed by atoms with E-state index in [1.807, 2.05) is 0 Å². The summed E-state index contributed by atoms with van der Waals surface area (Å²) in [5.41, 5.74) is 1.81. The van der Waals surface area contributed by atoms with E-state index < -0.39 is 0 Å². The van der Waals surface area contributed by atoms with Gasteiger partial charge in [-0.15, -0.1) is 0 Å². The van der Waals surface area contributed by atoms with E-state index in [-0.39, 0.29) is 0 Å². The van der Waals surface area contributed by atoms with Gasteiger partial charge in [0.05, 0.1) is 0 Å². The van der Waals surface area contributed by atoms with Gasteiger partial charge in [-0.2, -0.15) is 0 Å². The maximum absolute atomic E-state index is 3.96. The van der Waals surface area contributed by atoms with E-state index in [2.05, 4.69) is 66.0 Å². The highest BCUT2D eigenvalue weighted by Crippen LogP contribution is 2.65. The number of nitrogens with one attached hydrogen (secondary N) is 2. The summed E-state index contributed by atoms with van der Waals surface area (Å²) < 4.78 is 0. The van der Waals surface area contributed by atoms with Gasteiger partial charge >= 0.3 is 0 Å². The van der Waals surface area contributed by atoms with Crippen molar-refractivity contribution in [2.45, 2.75) is 106 Å². The summed E-state index contributed by atoms with van der Waals surface area (Å²) in [6.45, 7) is 22.1. The number of hydrogen-bond donors (Lipinski definition) is 2. The smallest absolute Gasteiger partial charge is 0.0129 e. The molecule has 2 heteroatoms. The van der Waals surface area contributed by atoms with Gasteiger partial charge in [0.25, 0.3) is 0 Å². The predicted octanol–water partition coefficient (Wildman–Crippen LogP) is 5.62. The fourth-order valence-electron chi connectivity index (χ4n) is 7.02. The minimum absolute atomic E-state index is 0.368. The van der Waals surface area contributed by atoms with Crippen LogP contribution in [0.5, 0.6) is 0 Å². The van der Waals surface area contributed by atoms with Crippen molar-refractivity contribution < 1.29 is 0 Å². The Morgan fingerprint density at radius 3 is 1.88 bits per heavy atom. The van der Waals surface area contributed by atoms with Crippen molar-refractivity contribution in [3.8, 4) is 0 Å². The van der Waals surface area contributed by atoms with Crippen LogP contribution in [0.4, 0.5) is 0 Å². The van der Waals surface area contributed by atoms with Crippen LogP contribution in [0.1, 0.15) is 93.9 Å². The van der Waals surface area contributed by atoms with E-state index in [0.29, 0.717) is 27.7 Å². The molecule has 5 atom stereocenters. The molecular formula is C24H46N2. The molecule has 3 fully saturated rings. The molecule has 3 saturated carbocycles. The Morgan fingerprint density at radius 1 is 0.769 bits per heavy atom. The molecule has 152 valence electrons. The molecule has 0 amide bonds. The second-order valence-electron chi connectivity index (χ2n) is 11.8. The van der Waals surface area contributed by atoms with Gasteiger partial charge < -0.3 is 10.6 Å². The second kappa shape index (κ2) is 6.76. The summed E-state index contributed by atoms with van der Waals surface area (Å²) >= 11 is 0. The largest absolute Gasteiger partial charge is 0.312 e. The molecule has 2 N–H and O–H groups in total. The number of fused-ring (bicyclic) bond motifs is 2. The third kappa shape index (κ3) is 2.89. The summed E-state index contributed by atoms with van der Waals surface area (Å²) in [6.07, 6.45) is 8.30. The van der Waals surface area contributed by atoms with Gasteiger partial charge in [0, 0.05) is 25.2 Å². The van der Waals surface area contributed by atoms with Gasteiger partial charge in [-0.1, -0.05) is 68.2 Å². The monoisotopic (exact) mass is 362 g/mol. The summed E-state index contributed by atoms with van der Waals surface area (Å²) in [5, 5.41) is 7.91. The molecule has 5 unspecified atom stereocenters. The molecule has 3 aliphatic carbocycles. The summed E-state index contributed by atoms with van der Waals surface area (Å²) in [4.78, 5) is 0. The highest BCUT2D eigenvalue weighted by Gasteiger charge is 2.61. The Morgan fingerprint density at radius 2 is 1.38 bits per heavy atom. The fraction of sp³-hybridized carbons (Fsp3) is 1.00. The molecule has 3 aliphatic rings. The van der Waals surface area contributed by atoms with Gasteiger partial charge in [0.1, 0.15) is 0 Å². The average molecular weight is 363 g/mol. The summed E-state index contributed by atoms with van der Waals surface area (Å²) in [5.74, 6) is 1.79. The zero-order valence-electron chi connectivity index (χ0n) is 19.0. The van der Waals surface area contributed by atoms with Crippen LogP contribution >= 0.6 is 0 Å². The van der Waals surface area contributed by atoms with Gasteiger partial charge in [-0.05, 0) is 59.2 Å². The SMILES string of the molecule is CCCC1CC(NCCNC2CC3CCC2(C)C3(C)C)C(C)(C)C1(C)C. The lowest BCUT2D eigenvalue weighted by molar-refractivity contribution is 0.0850. The van der Waals surface area contributed by atoms with E-state index in [9.17, 15) is 0 Å². The lowest BCUT2D eigenvalue weighted by atomic mass is 9.65. The molecule has 0 spiro atoms. The van der Waals surface area contributed by atoms with Crippen LogP contribution in [0.15, 0.2) is 0 Å². The molecular weight excluding hydrogens is 316 g/mol. The van der Waals surface area contributed by atoms with E-state index in [1.165, 1.54) is 38.5 Å². The maximum atomic E-state index is 3.96. The fourth-order valence-corrected chi connectivity index (χ4v) is 7.02. The Balaban J connectivity index is 1.50. The van der Waals surface area contributed by atoms with Gasteiger partial charge in [-0.3, -0.25) is 0 Å². The van der Waals surface area contributed by atoms with Crippen molar-refractivity contribution in [1.29, 1.82) is 0 Å². The van der Waals surface area contributed by atoms with Crippen LogP contribution in [0, 0.1) is 33.5 Å². The summed E-state index contributed by atoms with van der Waals surface area (Å²) in [7, 11) is 0. The first-order chi connectivity index (χ1) is 12.0. The maximum Gasteiger partial charge on any atom is 0.0129 e. The van der Waals surface area contributed by atoms with E-state index >= 15 is 0 Å². The first-order valence-electron chi connectivity index (χ1n) is 11.4. The summed E-state index contributed by atoms with van der Waals surface area (Å²) in [6, 6.07) is 1.38. The standard InChI is InChI=1S/C24H46N2/c1-9-10-17-15-19(23(6,7)21(17,2)3)25-13-14-26-20-16-18-11-12-24(20,8)22(18,4)5/h17-20,25-26H,9-16H2,1-8H3. The van der Waals surface area contributed by atoms with Crippen molar-refractivity contribution in [3.63, 3.8) is 0 Å². The van der Waals surface area contributed by atoms with Crippen molar-refractivity contribution in [2.75, 3.05) is 13.1 Å². The second-order valence-corrected chi connectivity index (χ2v) is 11.8. The van der Waals surface area contributed by atoms with Crippen molar-refractivity contribution in [2.24, 2.45) is 33.5 Å². The minimum Gasteiger partial charge on any atom is -0.312 e. The zero-order chi connectivity index (χ0) is 19.4. The molecule has 0 saturated heterocycles. The Bertz CT molecular complexity index is 506. The van der Waals surface area contributed by atoms with Crippen LogP contribution in [0.3, 0.4) is 0 Å². The number of rotatable bonds is 7. The van der Waals surface area contributed by atoms with Crippen LogP contribution in [0.25, 0.3) is 0 Å². The molecule has 2 bridgehead atoms. The molecule has 0 aromatic rings. The van der Waals surface area contributed by atoms with E-state index in [4.69, 9.17) is 0 Å². The molecule has 0 aromatic heterocycles. The average Bonchev–Trinajstić information content (AvgIpc) is 2.96. The van der Waals surface area contributed by atoms with Gasteiger partial charge in [0.2, 0.25) is 0 Å². The third-order valence-corrected chi connectivity index (χ3v) is 10.4. The predicted molar refractivity (Wildman–Crippen MR) is 113 cm³/mol. The lowest BCUT2D eigenvalue weighted by Gasteiger charge is -2.42. The highest BCUT2D eigenvalue weighted by molar-refractivity contribution is 5.13. The molecule has 2 nitrogen and oxygen atoms in total. The molecule has 0 aliphatic heterocycles. The van der Waals surface area contributed by atoms with Crippen molar-refractivity contribution in [3.05, 3.63) is 0 Å². The first kappa shape index (κ1) is 20.6. The van der Waals surface area contributed by atoms with Crippen molar-refractivity contribution >= 4 is 0 Å². The molecule has 26 heavy (non-hydrogen) atoms. The highest BCUT2D eigenvalue weighted by atomic mass is 15.0. The zero-order valence-corrected chi connectivity index (χ0v) is 19.0.